The summed E-state index contributed by atoms with van der Waals surface area (Å²) in [5, 5.41) is 9.50. The van der Waals surface area contributed by atoms with Crippen LogP contribution in [-0.2, 0) is 9.53 Å². The van der Waals surface area contributed by atoms with Gasteiger partial charge in [0.05, 0.1) is 6.61 Å². The molecule has 0 aliphatic heterocycles. The van der Waals surface area contributed by atoms with E-state index in [1.165, 1.54) is 51.4 Å². The molecule has 3 heteroatoms. The van der Waals surface area contributed by atoms with Gasteiger partial charge in [0.2, 0.25) is 0 Å². The van der Waals surface area contributed by atoms with Crippen LogP contribution in [0.15, 0.2) is 0 Å². The van der Waals surface area contributed by atoms with E-state index in [1.807, 2.05) is 0 Å². The van der Waals surface area contributed by atoms with Gasteiger partial charge in [0.15, 0.2) is 6.10 Å². The third-order valence-corrected chi connectivity index (χ3v) is 3.39. The first-order chi connectivity index (χ1) is 9.22. The molecule has 0 amide bonds. The van der Waals surface area contributed by atoms with Crippen molar-refractivity contribution in [2.45, 2.75) is 90.6 Å². The molecule has 0 aromatic carbocycles. The summed E-state index contributed by atoms with van der Waals surface area (Å²) in [5.74, 6) is -0.474. The van der Waals surface area contributed by atoms with Gasteiger partial charge in [0.1, 0.15) is 0 Å². The number of unbranched alkanes of at least 4 members (excludes halogenated alkanes) is 9. The highest BCUT2D eigenvalue weighted by atomic mass is 16.5. The van der Waals surface area contributed by atoms with Gasteiger partial charge in [-0.2, -0.15) is 0 Å². The maximum Gasteiger partial charge on any atom is 0.334 e. The molecule has 0 unspecified atom stereocenters. The van der Waals surface area contributed by atoms with E-state index >= 15 is 0 Å². The Kier molecular flexibility index (Phi) is 13.4. The van der Waals surface area contributed by atoms with Gasteiger partial charge in [-0.1, -0.05) is 71.1 Å². The summed E-state index contributed by atoms with van der Waals surface area (Å²) in [7, 11) is 0. The second-order valence-corrected chi connectivity index (χ2v) is 5.24. The van der Waals surface area contributed by atoms with Gasteiger partial charge in [-0.15, -0.1) is 0 Å². The molecular weight excluding hydrogens is 240 g/mol. The zero-order valence-corrected chi connectivity index (χ0v) is 12.8. The molecule has 0 aliphatic carbocycles. The second-order valence-electron chi connectivity index (χ2n) is 5.24. The first-order valence-electron chi connectivity index (χ1n) is 8.07. The summed E-state index contributed by atoms with van der Waals surface area (Å²) in [6, 6.07) is 0. The van der Waals surface area contributed by atoms with Gasteiger partial charge in [-0.25, -0.2) is 4.79 Å². The highest BCUT2D eigenvalue weighted by Crippen LogP contribution is 2.12. The molecule has 0 rings (SSSR count). The first-order valence-corrected chi connectivity index (χ1v) is 8.07. The molecule has 114 valence electrons. The van der Waals surface area contributed by atoms with Gasteiger partial charge in [-0.05, 0) is 13.3 Å². The van der Waals surface area contributed by atoms with Crippen molar-refractivity contribution in [3.63, 3.8) is 0 Å². The van der Waals surface area contributed by atoms with E-state index in [4.69, 9.17) is 4.74 Å². The summed E-state index contributed by atoms with van der Waals surface area (Å²) >= 11 is 0. The predicted octanol–water partition coefficient (Wildman–Crippen LogP) is 4.22. The molecule has 0 saturated heterocycles. The SMILES string of the molecule is CCCCCCCCCCCC[C@@H](O)C(=O)OCC. The topological polar surface area (TPSA) is 46.5 Å². The Bertz CT molecular complexity index is 204. The zero-order chi connectivity index (χ0) is 14.3. The fraction of sp³-hybridized carbons (Fsp3) is 0.938. The summed E-state index contributed by atoms with van der Waals surface area (Å²) in [5.41, 5.74) is 0. The molecule has 1 atom stereocenters. The monoisotopic (exact) mass is 272 g/mol. The maximum atomic E-state index is 11.2. The zero-order valence-electron chi connectivity index (χ0n) is 12.8. The minimum absolute atomic E-state index is 0.341. The lowest BCUT2D eigenvalue weighted by atomic mass is 10.0. The minimum Gasteiger partial charge on any atom is -0.464 e. The van der Waals surface area contributed by atoms with Gasteiger partial charge < -0.3 is 9.84 Å². The third-order valence-electron chi connectivity index (χ3n) is 3.39. The first kappa shape index (κ1) is 18.4. The van der Waals surface area contributed by atoms with E-state index in [1.54, 1.807) is 6.92 Å². The Morgan fingerprint density at radius 3 is 1.84 bits per heavy atom. The van der Waals surface area contributed by atoms with Crippen LogP contribution in [0.1, 0.15) is 84.5 Å². The van der Waals surface area contributed by atoms with Crippen LogP contribution in [0.2, 0.25) is 0 Å². The Hall–Kier alpha value is -0.570. The molecule has 0 heterocycles. The van der Waals surface area contributed by atoms with Crippen molar-refractivity contribution in [2.24, 2.45) is 0 Å². The fourth-order valence-corrected chi connectivity index (χ4v) is 2.18. The molecule has 0 aliphatic rings. The van der Waals surface area contributed by atoms with Crippen LogP contribution in [0.3, 0.4) is 0 Å². The van der Waals surface area contributed by atoms with Gasteiger partial charge in [0, 0.05) is 0 Å². The van der Waals surface area contributed by atoms with Crippen LogP contribution >= 0.6 is 0 Å². The molecule has 0 aromatic heterocycles. The van der Waals surface area contributed by atoms with Gasteiger partial charge in [-0.3, -0.25) is 0 Å². The normalized spacial score (nSPS) is 12.4. The molecule has 0 saturated carbocycles. The molecule has 0 fully saturated rings. The van der Waals surface area contributed by atoms with E-state index in [0.717, 1.165) is 12.8 Å². The number of carbonyl (C=O) groups is 1. The van der Waals surface area contributed by atoms with E-state index in [2.05, 4.69) is 6.92 Å². The average Bonchev–Trinajstić information content (AvgIpc) is 2.41. The van der Waals surface area contributed by atoms with E-state index in [-0.39, 0.29) is 0 Å². The number of hydrogen-bond acceptors (Lipinski definition) is 3. The summed E-state index contributed by atoms with van der Waals surface area (Å²) in [4.78, 5) is 11.2. The fourth-order valence-electron chi connectivity index (χ4n) is 2.18. The predicted molar refractivity (Wildman–Crippen MR) is 79.1 cm³/mol. The Labute approximate surface area is 118 Å². The Morgan fingerprint density at radius 1 is 0.895 bits per heavy atom. The number of hydrogen-bond donors (Lipinski definition) is 1. The standard InChI is InChI=1S/C16H32O3/c1-3-5-6-7-8-9-10-11-12-13-14-15(17)16(18)19-4-2/h15,17H,3-14H2,1-2H3/t15-/m1/s1. The molecule has 0 spiro atoms. The highest BCUT2D eigenvalue weighted by molar-refractivity contribution is 5.74. The molecule has 3 nitrogen and oxygen atoms in total. The summed E-state index contributed by atoms with van der Waals surface area (Å²) < 4.78 is 4.76. The van der Waals surface area contributed by atoms with Crippen LogP contribution in [0.25, 0.3) is 0 Å². The lowest BCUT2D eigenvalue weighted by molar-refractivity contribution is -0.153. The number of carbonyl (C=O) groups excluding carboxylic acids is 1. The second kappa shape index (κ2) is 13.9. The van der Waals surface area contributed by atoms with E-state index in [9.17, 15) is 9.90 Å². The number of rotatable bonds is 13. The van der Waals surface area contributed by atoms with E-state index in [0.29, 0.717) is 13.0 Å². The summed E-state index contributed by atoms with van der Waals surface area (Å²) in [6.07, 6.45) is 12.2. The van der Waals surface area contributed by atoms with Crippen LogP contribution in [-0.4, -0.2) is 23.8 Å². The van der Waals surface area contributed by atoms with E-state index < -0.39 is 12.1 Å². The van der Waals surface area contributed by atoms with Crippen molar-refractivity contribution in [1.29, 1.82) is 0 Å². The lowest BCUT2D eigenvalue weighted by Crippen LogP contribution is -2.22. The molecule has 1 N–H and O–H groups in total. The van der Waals surface area contributed by atoms with Crippen molar-refractivity contribution in [1.82, 2.24) is 0 Å². The lowest BCUT2D eigenvalue weighted by Gasteiger charge is -2.09. The minimum atomic E-state index is -0.922. The molecule has 0 aromatic rings. The molecular formula is C16H32O3. The third kappa shape index (κ3) is 12.2. The number of aliphatic hydroxyl groups excluding tert-OH is 1. The number of aliphatic hydroxyl groups is 1. The van der Waals surface area contributed by atoms with Crippen LogP contribution in [0.4, 0.5) is 0 Å². The smallest absolute Gasteiger partial charge is 0.334 e. The highest BCUT2D eigenvalue weighted by Gasteiger charge is 2.14. The summed E-state index contributed by atoms with van der Waals surface area (Å²) in [6.45, 7) is 4.34. The van der Waals surface area contributed by atoms with Gasteiger partial charge >= 0.3 is 5.97 Å². The molecule has 0 bridgehead atoms. The molecule has 19 heavy (non-hydrogen) atoms. The van der Waals surface area contributed by atoms with Gasteiger partial charge in [0.25, 0.3) is 0 Å². The van der Waals surface area contributed by atoms with Crippen LogP contribution in [0, 0.1) is 0 Å². The average molecular weight is 272 g/mol. The molecule has 0 radical (unpaired) electrons. The maximum absolute atomic E-state index is 11.2. The van der Waals surface area contributed by atoms with Crippen molar-refractivity contribution >= 4 is 5.97 Å². The van der Waals surface area contributed by atoms with Crippen molar-refractivity contribution in [2.75, 3.05) is 6.61 Å². The van der Waals surface area contributed by atoms with Crippen molar-refractivity contribution in [3.05, 3.63) is 0 Å². The van der Waals surface area contributed by atoms with Crippen LogP contribution < -0.4 is 0 Å². The quantitative estimate of drug-likeness (QED) is 0.403. The Morgan fingerprint density at radius 2 is 1.37 bits per heavy atom. The van der Waals surface area contributed by atoms with Crippen LogP contribution in [0.5, 0.6) is 0 Å². The number of ether oxygens (including phenoxy) is 1. The van der Waals surface area contributed by atoms with Crippen molar-refractivity contribution < 1.29 is 14.6 Å². The number of esters is 1. The van der Waals surface area contributed by atoms with Crippen molar-refractivity contribution in [3.8, 4) is 0 Å². The largest absolute Gasteiger partial charge is 0.464 e. The Balaban J connectivity index is 3.20.